The summed E-state index contributed by atoms with van der Waals surface area (Å²) in [6, 6.07) is 47.7. The second-order valence-corrected chi connectivity index (χ2v) is 9.32. The molecule has 0 atom stereocenters. The molecule has 0 aromatic heterocycles. The van der Waals surface area contributed by atoms with E-state index >= 15 is 0 Å². The van der Waals surface area contributed by atoms with E-state index in [4.69, 9.17) is 0 Å². The van der Waals surface area contributed by atoms with Crippen molar-refractivity contribution in [3.8, 4) is 0 Å². The molecule has 0 unspecified atom stereocenters. The Kier molecular flexibility index (Phi) is 6.20. The summed E-state index contributed by atoms with van der Waals surface area (Å²) >= 11 is 0. The second-order valence-electron chi connectivity index (χ2n) is 9.32. The van der Waals surface area contributed by atoms with Crippen LogP contribution in [0.25, 0.3) is 11.6 Å². The van der Waals surface area contributed by atoms with Gasteiger partial charge in [0.2, 0.25) is 0 Å². The third kappa shape index (κ3) is 4.48. The van der Waals surface area contributed by atoms with E-state index in [2.05, 4.69) is 144 Å². The van der Waals surface area contributed by atoms with Gasteiger partial charge in [-0.15, -0.1) is 0 Å². The average Bonchev–Trinajstić information content (AvgIpc) is 3.44. The number of fused-ring (bicyclic) bond motifs is 1. The van der Waals surface area contributed by atoms with Crippen LogP contribution in [0.3, 0.4) is 0 Å². The Morgan fingerprint density at radius 3 is 1.75 bits per heavy atom. The molecule has 0 amide bonds. The minimum absolute atomic E-state index is 1.15. The van der Waals surface area contributed by atoms with E-state index in [0.29, 0.717) is 0 Å². The van der Waals surface area contributed by atoms with Crippen LogP contribution in [0.1, 0.15) is 34.2 Å². The number of rotatable bonds is 6. The highest BCUT2D eigenvalue weighted by Gasteiger charge is 2.20. The molecule has 0 saturated heterocycles. The van der Waals surface area contributed by atoms with Crippen molar-refractivity contribution >= 4 is 28.7 Å². The van der Waals surface area contributed by atoms with Gasteiger partial charge in [-0.25, -0.2) is 0 Å². The van der Waals surface area contributed by atoms with Gasteiger partial charge in [-0.05, 0) is 89.1 Å². The molecular formula is C35H29N. The van der Waals surface area contributed by atoms with Gasteiger partial charge in [0.1, 0.15) is 0 Å². The van der Waals surface area contributed by atoms with Crippen LogP contribution in [-0.2, 0) is 12.8 Å². The maximum atomic E-state index is 2.41. The molecule has 6 rings (SSSR count). The topological polar surface area (TPSA) is 3.24 Å². The number of anilines is 3. The van der Waals surface area contributed by atoms with Crippen LogP contribution in [0.2, 0.25) is 0 Å². The maximum Gasteiger partial charge on any atom is 0.0496 e. The Morgan fingerprint density at radius 2 is 1.11 bits per heavy atom. The second kappa shape index (κ2) is 10.1. The van der Waals surface area contributed by atoms with Gasteiger partial charge in [0.25, 0.3) is 0 Å². The molecule has 0 fully saturated rings. The average molecular weight is 464 g/mol. The summed E-state index contributed by atoms with van der Waals surface area (Å²) in [6.45, 7) is 0. The molecule has 0 saturated carbocycles. The Bertz CT molecular complexity index is 1430. The van der Waals surface area contributed by atoms with Crippen LogP contribution < -0.4 is 4.90 Å². The Labute approximate surface area is 214 Å². The molecule has 0 bridgehead atoms. The predicted octanol–water partition coefficient (Wildman–Crippen LogP) is 9.23. The van der Waals surface area contributed by atoms with E-state index in [-0.39, 0.29) is 0 Å². The van der Waals surface area contributed by atoms with Gasteiger partial charge in [-0.1, -0.05) is 103 Å². The van der Waals surface area contributed by atoms with Gasteiger partial charge >= 0.3 is 0 Å². The highest BCUT2D eigenvalue weighted by Crippen LogP contribution is 2.40. The van der Waals surface area contributed by atoms with E-state index in [0.717, 1.165) is 6.42 Å². The lowest BCUT2D eigenvalue weighted by Crippen LogP contribution is -2.12. The molecule has 5 aromatic rings. The summed E-state index contributed by atoms with van der Waals surface area (Å²) in [5.74, 6) is 0. The molecule has 0 spiro atoms. The van der Waals surface area contributed by atoms with E-state index < -0.39 is 0 Å². The van der Waals surface area contributed by atoms with Crippen molar-refractivity contribution in [3.63, 3.8) is 0 Å². The number of benzene rings is 5. The van der Waals surface area contributed by atoms with Crippen LogP contribution >= 0.6 is 0 Å². The van der Waals surface area contributed by atoms with Crippen LogP contribution in [0, 0.1) is 0 Å². The number of aryl methyl sites for hydroxylation is 1. The van der Waals surface area contributed by atoms with Gasteiger partial charge in [0.05, 0.1) is 0 Å². The zero-order valence-corrected chi connectivity index (χ0v) is 20.3. The van der Waals surface area contributed by atoms with E-state index in [1.807, 2.05) is 0 Å². The van der Waals surface area contributed by atoms with Crippen LogP contribution in [0.4, 0.5) is 17.1 Å². The van der Waals surface area contributed by atoms with Crippen molar-refractivity contribution in [2.75, 3.05) is 4.90 Å². The summed E-state index contributed by atoms with van der Waals surface area (Å²) in [5.41, 5.74) is 11.5. The van der Waals surface area contributed by atoms with Gasteiger partial charge in [0.15, 0.2) is 0 Å². The molecule has 1 heteroatoms. The molecule has 0 aliphatic heterocycles. The fourth-order valence-electron chi connectivity index (χ4n) is 5.27. The molecule has 0 heterocycles. The quantitative estimate of drug-likeness (QED) is 0.227. The minimum Gasteiger partial charge on any atom is -0.310 e. The van der Waals surface area contributed by atoms with E-state index in [1.165, 1.54) is 63.3 Å². The third-order valence-electron chi connectivity index (χ3n) is 7.01. The summed E-state index contributed by atoms with van der Waals surface area (Å²) in [4.78, 5) is 2.41. The molecule has 36 heavy (non-hydrogen) atoms. The van der Waals surface area contributed by atoms with Crippen molar-refractivity contribution in [2.24, 2.45) is 0 Å². The van der Waals surface area contributed by atoms with Gasteiger partial charge in [-0.3, -0.25) is 0 Å². The molecular weight excluding hydrogens is 434 g/mol. The standard InChI is InChI=1S/C35H29N/c1-4-12-29(13-5-1)34(30-14-6-2-7-15-30)26-27-22-24-32(25-23-27)36(31-18-8-3-9-19-31)35-21-11-17-28-16-10-20-33(28)35/h1-9,11-15,17-19,21-26H,10,16,20H2. The summed E-state index contributed by atoms with van der Waals surface area (Å²) in [7, 11) is 0. The van der Waals surface area contributed by atoms with Crippen LogP contribution in [0.5, 0.6) is 0 Å². The third-order valence-corrected chi connectivity index (χ3v) is 7.01. The summed E-state index contributed by atoms with van der Waals surface area (Å²) in [5, 5.41) is 0. The highest BCUT2D eigenvalue weighted by molar-refractivity contribution is 5.91. The molecule has 1 aliphatic rings. The van der Waals surface area contributed by atoms with E-state index in [9.17, 15) is 0 Å². The van der Waals surface area contributed by atoms with Crippen molar-refractivity contribution in [3.05, 3.63) is 161 Å². The summed E-state index contributed by atoms with van der Waals surface area (Å²) in [6.07, 6.45) is 5.85. The van der Waals surface area contributed by atoms with Crippen LogP contribution in [-0.4, -0.2) is 0 Å². The Balaban J connectivity index is 1.42. The van der Waals surface area contributed by atoms with Crippen molar-refractivity contribution in [1.82, 2.24) is 0 Å². The highest BCUT2D eigenvalue weighted by atomic mass is 15.1. The van der Waals surface area contributed by atoms with Crippen LogP contribution in [0.15, 0.2) is 133 Å². The first-order valence-corrected chi connectivity index (χ1v) is 12.8. The van der Waals surface area contributed by atoms with E-state index in [1.54, 1.807) is 0 Å². The Morgan fingerprint density at radius 1 is 0.528 bits per heavy atom. The number of hydrogen-bond acceptors (Lipinski definition) is 1. The lowest BCUT2D eigenvalue weighted by molar-refractivity contribution is 0.911. The first kappa shape index (κ1) is 22.1. The number of para-hydroxylation sites is 1. The lowest BCUT2D eigenvalue weighted by atomic mass is 9.95. The number of hydrogen-bond donors (Lipinski definition) is 0. The van der Waals surface area contributed by atoms with Gasteiger partial charge in [0, 0.05) is 17.1 Å². The first-order valence-electron chi connectivity index (χ1n) is 12.8. The number of nitrogens with zero attached hydrogens (tertiary/aromatic N) is 1. The van der Waals surface area contributed by atoms with Crippen molar-refractivity contribution in [2.45, 2.75) is 19.3 Å². The smallest absolute Gasteiger partial charge is 0.0496 e. The molecule has 1 nitrogen and oxygen atoms in total. The summed E-state index contributed by atoms with van der Waals surface area (Å²) < 4.78 is 0. The molecule has 5 aromatic carbocycles. The molecule has 1 aliphatic carbocycles. The molecule has 0 N–H and O–H groups in total. The SMILES string of the molecule is C(=C(c1ccccc1)c1ccccc1)c1ccc(N(c2ccccc2)c2cccc3c2CCC3)cc1. The van der Waals surface area contributed by atoms with Crippen molar-refractivity contribution in [1.29, 1.82) is 0 Å². The normalized spacial score (nSPS) is 12.1. The monoisotopic (exact) mass is 463 g/mol. The largest absolute Gasteiger partial charge is 0.310 e. The fourth-order valence-corrected chi connectivity index (χ4v) is 5.27. The molecule has 174 valence electrons. The molecule has 0 radical (unpaired) electrons. The maximum absolute atomic E-state index is 2.41. The minimum atomic E-state index is 1.15. The lowest BCUT2D eigenvalue weighted by Gasteiger charge is -2.27. The zero-order valence-electron chi connectivity index (χ0n) is 20.3. The van der Waals surface area contributed by atoms with Gasteiger partial charge in [-0.2, -0.15) is 0 Å². The Hall–Kier alpha value is -4.36. The van der Waals surface area contributed by atoms with Crippen molar-refractivity contribution < 1.29 is 0 Å². The fraction of sp³-hybridized carbons (Fsp3) is 0.0857. The first-order chi connectivity index (χ1) is 17.9. The predicted molar refractivity (Wildman–Crippen MR) is 153 cm³/mol. The van der Waals surface area contributed by atoms with Gasteiger partial charge < -0.3 is 4.90 Å². The zero-order chi connectivity index (χ0) is 24.2.